The minimum atomic E-state index is -0.214. The van der Waals surface area contributed by atoms with Gasteiger partial charge >= 0.3 is 0 Å². The maximum Gasteiger partial charge on any atom is 0.140 e. The van der Waals surface area contributed by atoms with Gasteiger partial charge in [0.15, 0.2) is 0 Å². The molecule has 0 spiro atoms. The number of aliphatic hydroxyl groups excluding tert-OH is 1. The van der Waals surface area contributed by atoms with Gasteiger partial charge in [0.25, 0.3) is 0 Å². The van der Waals surface area contributed by atoms with E-state index in [2.05, 4.69) is 0 Å². The average molecular weight is 186 g/mol. The lowest BCUT2D eigenvalue weighted by molar-refractivity contribution is 0.280. The number of aliphatic hydroxyl groups is 1. The molecule has 0 aliphatic carbocycles. The topological polar surface area (TPSA) is 20.2 Å². The van der Waals surface area contributed by atoms with Crippen LogP contribution in [0.15, 0.2) is 17.0 Å². The first-order chi connectivity index (χ1) is 5.70. The van der Waals surface area contributed by atoms with Crippen LogP contribution >= 0.6 is 11.8 Å². The molecule has 1 aromatic rings. The fourth-order valence-electron chi connectivity index (χ4n) is 1.03. The van der Waals surface area contributed by atoms with Crippen molar-refractivity contribution in [1.82, 2.24) is 0 Å². The molecule has 0 radical (unpaired) electrons. The summed E-state index contributed by atoms with van der Waals surface area (Å²) in [5, 5.41) is 8.83. The van der Waals surface area contributed by atoms with E-state index in [4.69, 9.17) is 5.11 Å². The first-order valence-corrected chi connectivity index (χ1v) is 4.86. The summed E-state index contributed by atoms with van der Waals surface area (Å²) < 4.78 is 13.3. The summed E-state index contributed by atoms with van der Waals surface area (Å²) in [6, 6.07) is 3.45. The minimum Gasteiger partial charge on any atom is -0.392 e. The number of thioether (sulfide) groups is 1. The maximum absolute atomic E-state index is 13.3. The van der Waals surface area contributed by atoms with Gasteiger partial charge in [0.2, 0.25) is 0 Å². The van der Waals surface area contributed by atoms with Crippen molar-refractivity contribution in [2.24, 2.45) is 0 Å². The molecule has 1 nitrogen and oxygen atoms in total. The van der Waals surface area contributed by atoms with E-state index in [1.54, 1.807) is 19.1 Å². The van der Waals surface area contributed by atoms with Gasteiger partial charge in [-0.25, -0.2) is 4.39 Å². The van der Waals surface area contributed by atoms with Gasteiger partial charge in [0.05, 0.1) is 6.61 Å². The summed E-state index contributed by atoms with van der Waals surface area (Å²) in [6.45, 7) is 1.58. The Kier molecular flexibility index (Phi) is 3.12. The largest absolute Gasteiger partial charge is 0.392 e. The highest BCUT2D eigenvalue weighted by Gasteiger charge is 2.07. The molecule has 1 rings (SSSR count). The first-order valence-electron chi connectivity index (χ1n) is 3.63. The van der Waals surface area contributed by atoms with Crippen LogP contribution in [0.4, 0.5) is 4.39 Å². The molecule has 0 fully saturated rings. The second kappa shape index (κ2) is 3.92. The van der Waals surface area contributed by atoms with E-state index in [1.165, 1.54) is 11.8 Å². The van der Waals surface area contributed by atoms with E-state index < -0.39 is 0 Å². The Balaban J connectivity index is 3.20. The molecule has 0 aliphatic rings. The van der Waals surface area contributed by atoms with Crippen LogP contribution < -0.4 is 0 Å². The summed E-state index contributed by atoms with van der Waals surface area (Å²) in [5.41, 5.74) is 1.20. The van der Waals surface area contributed by atoms with Gasteiger partial charge in [0, 0.05) is 4.90 Å². The highest BCUT2D eigenvalue weighted by Crippen LogP contribution is 2.23. The van der Waals surface area contributed by atoms with Gasteiger partial charge in [-0.1, -0.05) is 6.07 Å². The number of hydrogen-bond donors (Lipinski definition) is 1. The molecule has 0 unspecified atom stereocenters. The van der Waals surface area contributed by atoms with Gasteiger partial charge in [-0.15, -0.1) is 11.8 Å². The molecule has 0 aromatic heterocycles. The lowest BCUT2D eigenvalue weighted by Gasteiger charge is -2.06. The zero-order valence-electron chi connectivity index (χ0n) is 7.10. The predicted octanol–water partition coefficient (Wildman–Crippen LogP) is 2.35. The van der Waals surface area contributed by atoms with Crippen LogP contribution in [0, 0.1) is 12.7 Å². The molecule has 0 bridgehead atoms. The fraction of sp³-hybridized carbons (Fsp3) is 0.333. The second-order valence-electron chi connectivity index (χ2n) is 2.52. The first kappa shape index (κ1) is 9.55. The van der Waals surface area contributed by atoms with E-state index in [-0.39, 0.29) is 12.4 Å². The van der Waals surface area contributed by atoms with Crippen LogP contribution in [0.3, 0.4) is 0 Å². The highest BCUT2D eigenvalue weighted by atomic mass is 32.2. The molecule has 0 aliphatic heterocycles. The SMILES string of the molecule is CSc1ccc(CO)c(C)c1F. The van der Waals surface area contributed by atoms with Crippen molar-refractivity contribution in [2.45, 2.75) is 18.4 Å². The summed E-state index contributed by atoms with van der Waals surface area (Å²) in [5.74, 6) is -0.214. The van der Waals surface area contributed by atoms with Crippen molar-refractivity contribution in [3.8, 4) is 0 Å². The Morgan fingerprint density at radius 3 is 2.67 bits per heavy atom. The molecular formula is C9H11FOS. The van der Waals surface area contributed by atoms with Crippen LogP contribution in [-0.4, -0.2) is 11.4 Å². The third-order valence-electron chi connectivity index (χ3n) is 1.85. The van der Waals surface area contributed by atoms with Crippen molar-refractivity contribution in [3.63, 3.8) is 0 Å². The van der Waals surface area contributed by atoms with Crippen LogP contribution in [0.1, 0.15) is 11.1 Å². The van der Waals surface area contributed by atoms with Gasteiger partial charge in [-0.3, -0.25) is 0 Å². The Bertz CT molecular complexity index is 257. The molecule has 0 saturated heterocycles. The van der Waals surface area contributed by atoms with Crippen LogP contribution in [0.25, 0.3) is 0 Å². The molecule has 0 heterocycles. The second-order valence-corrected chi connectivity index (χ2v) is 3.37. The third kappa shape index (κ3) is 1.62. The summed E-state index contributed by atoms with van der Waals surface area (Å²) in [6.07, 6.45) is 1.83. The number of halogens is 1. The van der Waals surface area contributed by atoms with Crippen LogP contribution in [0.5, 0.6) is 0 Å². The highest BCUT2D eigenvalue weighted by molar-refractivity contribution is 7.98. The van der Waals surface area contributed by atoms with E-state index in [0.29, 0.717) is 16.0 Å². The summed E-state index contributed by atoms with van der Waals surface area (Å²) in [7, 11) is 0. The van der Waals surface area contributed by atoms with Crippen molar-refractivity contribution < 1.29 is 9.50 Å². The monoisotopic (exact) mass is 186 g/mol. The van der Waals surface area contributed by atoms with Gasteiger partial charge in [-0.05, 0) is 30.4 Å². The van der Waals surface area contributed by atoms with E-state index in [1.807, 2.05) is 6.26 Å². The van der Waals surface area contributed by atoms with Gasteiger partial charge in [-0.2, -0.15) is 0 Å². The van der Waals surface area contributed by atoms with Crippen molar-refractivity contribution in [3.05, 3.63) is 29.1 Å². The number of rotatable bonds is 2. The normalized spacial score (nSPS) is 10.3. The smallest absolute Gasteiger partial charge is 0.140 e. The number of hydrogen-bond acceptors (Lipinski definition) is 2. The molecule has 66 valence electrons. The van der Waals surface area contributed by atoms with E-state index >= 15 is 0 Å². The third-order valence-corrected chi connectivity index (χ3v) is 2.61. The van der Waals surface area contributed by atoms with E-state index in [0.717, 1.165) is 0 Å². The predicted molar refractivity (Wildman–Crippen MR) is 48.8 cm³/mol. The van der Waals surface area contributed by atoms with Crippen molar-refractivity contribution in [2.75, 3.05) is 6.26 Å². The molecule has 0 atom stereocenters. The molecule has 12 heavy (non-hydrogen) atoms. The number of benzene rings is 1. The zero-order chi connectivity index (χ0) is 9.14. The fourth-order valence-corrected chi connectivity index (χ4v) is 1.57. The Morgan fingerprint density at radius 2 is 2.17 bits per heavy atom. The average Bonchev–Trinajstić information content (AvgIpc) is 2.10. The minimum absolute atomic E-state index is 0.0998. The summed E-state index contributed by atoms with van der Waals surface area (Å²) in [4.78, 5) is 0.629. The van der Waals surface area contributed by atoms with Crippen molar-refractivity contribution >= 4 is 11.8 Å². The molecular weight excluding hydrogens is 175 g/mol. The Labute approximate surface area is 75.6 Å². The molecule has 0 amide bonds. The lowest BCUT2D eigenvalue weighted by atomic mass is 10.1. The standard InChI is InChI=1S/C9H11FOS/c1-6-7(5-11)3-4-8(12-2)9(6)10/h3-4,11H,5H2,1-2H3. The molecule has 0 saturated carbocycles. The zero-order valence-corrected chi connectivity index (χ0v) is 7.91. The van der Waals surface area contributed by atoms with Crippen LogP contribution in [0.2, 0.25) is 0 Å². The van der Waals surface area contributed by atoms with Crippen molar-refractivity contribution in [1.29, 1.82) is 0 Å². The maximum atomic E-state index is 13.3. The molecule has 3 heteroatoms. The van der Waals surface area contributed by atoms with Gasteiger partial charge in [0.1, 0.15) is 5.82 Å². The lowest BCUT2D eigenvalue weighted by Crippen LogP contribution is -1.94. The summed E-state index contributed by atoms with van der Waals surface area (Å²) >= 11 is 1.37. The molecule has 1 N–H and O–H groups in total. The van der Waals surface area contributed by atoms with Gasteiger partial charge < -0.3 is 5.11 Å². The van der Waals surface area contributed by atoms with Crippen LogP contribution in [-0.2, 0) is 6.61 Å². The Morgan fingerprint density at radius 1 is 1.50 bits per heavy atom. The van der Waals surface area contributed by atoms with E-state index in [9.17, 15) is 4.39 Å². The Hall–Kier alpha value is -0.540. The quantitative estimate of drug-likeness (QED) is 0.715. The molecule has 1 aromatic carbocycles.